The van der Waals surface area contributed by atoms with E-state index in [4.69, 9.17) is 11.5 Å². The van der Waals surface area contributed by atoms with Gasteiger partial charge in [0.25, 0.3) is 0 Å². The maximum Gasteiger partial charge on any atom is 0.242 e. The lowest BCUT2D eigenvalue weighted by Crippen LogP contribution is -2.49. The molecule has 0 saturated carbocycles. The molecular weight excluding hydrogens is 287 g/mol. The highest BCUT2D eigenvalue weighted by atomic mass is 32.2. The Balaban J connectivity index is 2.06. The second-order valence-electron chi connectivity index (χ2n) is 4.76. The number of thioether (sulfide) groups is 1. The lowest BCUT2D eigenvalue weighted by atomic mass is 9.88. The summed E-state index contributed by atoms with van der Waals surface area (Å²) in [4.78, 5) is 12.5. The molecule has 3 nitrogen and oxygen atoms in total. The number of hydrogen-bond acceptors (Lipinski definition) is 3. The van der Waals surface area contributed by atoms with Crippen LogP contribution in [0.5, 0.6) is 0 Å². The molecule has 2 rings (SSSR count). The van der Waals surface area contributed by atoms with Crippen molar-refractivity contribution in [3.8, 4) is 0 Å². The summed E-state index contributed by atoms with van der Waals surface area (Å²) in [5.74, 6) is -0.275. The summed E-state index contributed by atoms with van der Waals surface area (Å²) in [6.45, 7) is 0. The largest absolute Gasteiger partial charge is 0.368 e. The minimum atomic E-state index is -1.21. The number of amides is 1. The van der Waals surface area contributed by atoms with Gasteiger partial charge in [0.15, 0.2) is 0 Å². The number of hydrogen-bond donors (Lipinski definition) is 2. The molecule has 0 saturated heterocycles. The average molecular weight is 304 g/mol. The van der Waals surface area contributed by atoms with Crippen molar-refractivity contribution in [1.82, 2.24) is 0 Å². The van der Waals surface area contributed by atoms with Crippen LogP contribution in [0, 0.1) is 5.82 Å². The zero-order valence-electron chi connectivity index (χ0n) is 11.5. The molecule has 0 aliphatic carbocycles. The zero-order chi connectivity index (χ0) is 15.3. The van der Waals surface area contributed by atoms with Crippen molar-refractivity contribution in [3.05, 3.63) is 66.0 Å². The quantitative estimate of drug-likeness (QED) is 0.806. The average Bonchev–Trinajstić information content (AvgIpc) is 2.48. The summed E-state index contributed by atoms with van der Waals surface area (Å²) >= 11 is 1.45. The smallest absolute Gasteiger partial charge is 0.242 e. The highest BCUT2D eigenvalue weighted by molar-refractivity contribution is 7.99. The van der Waals surface area contributed by atoms with Crippen LogP contribution in [0.1, 0.15) is 12.0 Å². The summed E-state index contributed by atoms with van der Waals surface area (Å²) in [5, 5.41) is 0. The van der Waals surface area contributed by atoms with Crippen LogP contribution in [0.15, 0.2) is 59.5 Å². The number of nitrogens with two attached hydrogens (primary N) is 2. The van der Waals surface area contributed by atoms with Gasteiger partial charge in [-0.1, -0.05) is 36.4 Å². The van der Waals surface area contributed by atoms with Crippen molar-refractivity contribution in [2.75, 3.05) is 5.75 Å². The molecule has 2 aromatic carbocycles. The minimum Gasteiger partial charge on any atom is -0.368 e. The van der Waals surface area contributed by atoms with Gasteiger partial charge in [-0.25, -0.2) is 4.39 Å². The Morgan fingerprint density at radius 3 is 2.48 bits per heavy atom. The molecule has 0 heterocycles. The summed E-state index contributed by atoms with van der Waals surface area (Å²) in [6, 6.07) is 15.4. The van der Waals surface area contributed by atoms with E-state index in [1.165, 1.54) is 23.9 Å². The predicted molar refractivity (Wildman–Crippen MR) is 83.2 cm³/mol. The SMILES string of the molecule is NC(=O)C(N)(CCSc1cccc(F)c1)c1ccccc1. The second-order valence-corrected chi connectivity index (χ2v) is 5.93. The van der Waals surface area contributed by atoms with E-state index >= 15 is 0 Å². The Morgan fingerprint density at radius 2 is 1.86 bits per heavy atom. The van der Waals surface area contributed by atoms with Crippen LogP contribution in [0.3, 0.4) is 0 Å². The molecule has 0 aromatic heterocycles. The van der Waals surface area contributed by atoms with Gasteiger partial charge >= 0.3 is 0 Å². The van der Waals surface area contributed by atoms with Gasteiger partial charge in [-0.15, -0.1) is 11.8 Å². The normalized spacial score (nSPS) is 13.6. The maximum absolute atomic E-state index is 13.1. The molecule has 1 amide bonds. The molecule has 1 unspecified atom stereocenters. The van der Waals surface area contributed by atoms with Crippen LogP contribution < -0.4 is 11.5 Å². The van der Waals surface area contributed by atoms with Crippen LogP contribution in [0.4, 0.5) is 4.39 Å². The summed E-state index contributed by atoms with van der Waals surface area (Å²) in [5.41, 5.74) is 11.2. The summed E-state index contributed by atoms with van der Waals surface area (Å²) in [7, 11) is 0. The Morgan fingerprint density at radius 1 is 1.14 bits per heavy atom. The van der Waals surface area contributed by atoms with E-state index in [0.717, 1.165) is 4.90 Å². The number of halogens is 1. The molecule has 0 aliphatic rings. The van der Waals surface area contributed by atoms with Gasteiger partial charge in [0.2, 0.25) is 5.91 Å². The fourth-order valence-electron chi connectivity index (χ4n) is 2.03. The molecular formula is C16H17FN2OS. The molecule has 0 bridgehead atoms. The molecule has 110 valence electrons. The first-order valence-corrected chi connectivity index (χ1v) is 7.53. The number of benzene rings is 2. The van der Waals surface area contributed by atoms with E-state index < -0.39 is 11.4 Å². The van der Waals surface area contributed by atoms with E-state index in [0.29, 0.717) is 17.7 Å². The van der Waals surface area contributed by atoms with Crippen molar-refractivity contribution < 1.29 is 9.18 Å². The molecule has 0 aliphatic heterocycles. The van der Waals surface area contributed by atoms with Crippen molar-refractivity contribution in [2.45, 2.75) is 16.9 Å². The van der Waals surface area contributed by atoms with Crippen molar-refractivity contribution in [1.29, 1.82) is 0 Å². The summed E-state index contributed by atoms with van der Waals surface area (Å²) < 4.78 is 13.1. The first-order valence-electron chi connectivity index (χ1n) is 6.55. The standard InChI is InChI=1S/C16H17FN2OS/c17-13-7-4-8-14(11-13)21-10-9-16(19,15(18)20)12-5-2-1-3-6-12/h1-8,11H,9-10,19H2,(H2,18,20). The van der Waals surface area contributed by atoms with E-state index in [9.17, 15) is 9.18 Å². The predicted octanol–water partition coefficient (Wildman–Crippen LogP) is 2.65. The Labute approximate surface area is 127 Å². The highest BCUT2D eigenvalue weighted by Crippen LogP contribution is 2.27. The van der Waals surface area contributed by atoms with Crippen molar-refractivity contribution in [3.63, 3.8) is 0 Å². The lowest BCUT2D eigenvalue weighted by molar-refractivity contribution is -0.123. The van der Waals surface area contributed by atoms with Gasteiger partial charge in [-0.2, -0.15) is 0 Å². The Bertz CT molecular complexity index is 621. The first kappa shape index (κ1) is 15.5. The van der Waals surface area contributed by atoms with Gasteiger partial charge in [0.05, 0.1) is 0 Å². The Kier molecular flexibility index (Phi) is 4.98. The molecule has 2 aromatic rings. The molecule has 4 N–H and O–H groups in total. The molecule has 21 heavy (non-hydrogen) atoms. The van der Waals surface area contributed by atoms with Gasteiger partial charge in [-0.3, -0.25) is 4.79 Å². The molecule has 0 fully saturated rings. The van der Waals surface area contributed by atoms with Gasteiger partial charge in [0.1, 0.15) is 11.4 Å². The highest BCUT2D eigenvalue weighted by Gasteiger charge is 2.33. The van der Waals surface area contributed by atoms with E-state index in [2.05, 4.69) is 0 Å². The maximum atomic E-state index is 13.1. The summed E-state index contributed by atoms with van der Waals surface area (Å²) in [6.07, 6.45) is 0.382. The monoisotopic (exact) mass is 304 g/mol. The molecule has 0 spiro atoms. The third-order valence-corrected chi connectivity index (χ3v) is 4.29. The van der Waals surface area contributed by atoms with E-state index in [1.54, 1.807) is 18.2 Å². The van der Waals surface area contributed by atoms with Crippen LogP contribution >= 0.6 is 11.8 Å². The van der Waals surface area contributed by atoms with Crippen LogP contribution in [-0.4, -0.2) is 11.7 Å². The number of primary amides is 1. The fourth-order valence-corrected chi connectivity index (χ4v) is 3.06. The van der Waals surface area contributed by atoms with Crippen LogP contribution in [0.2, 0.25) is 0 Å². The van der Waals surface area contributed by atoms with Crippen molar-refractivity contribution >= 4 is 17.7 Å². The van der Waals surface area contributed by atoms with Gasteiger partial charge in [-0.05, 0) is 30.2 Å². The van der Waals surface area contributed by atoms with Crippen LogP contribution in [0.25, 0.3) is 0 Å². The van der Waals surface area contributed by atoms with Crippen molar-refractivity contribution in [2.24, 2.45) is 11.5 Å². The second kappa shape index (κ2) is 6.74. The first-order chi connectivity index (χ1) is 10.0. The zero-order valence-corrected chi connectivity index (χ0v) is 12.3. The molecule has 0 radical (unpaired) electrons. The number of carbonyl (C=O) groups excluding carboxylic acids is 1. The number of carbonyl (C=O) groups is 1. The van der Waals surface area contributed by atoms with Gasteiger partial charge < -0.3 is 11.5 Å². The van der Waals surface area contributed by atoms with E-state index in [-0.39, 0.29) is 5.82 Å². The molecule has 1 atom stereocenters. The minimum absolute atomic E-state index is 0.281. The third-order valence-electron chi connectivity index (χ3n) is 3.29. The Hall–Kier alpha value is -1.85. The lowest BCUT2D eigenvalue weighted by Gasteiger charge is -2.26. The topological polar surface area (TPSA) is 69.1 Å². The third kappa shape index (κ3) is 3.83. The number of rotatable bonds is 6. The van der Waals surface area contributed by atoms with Gasteiger partial charge in [0, 0.05) is 10.6 Å². The fraction of sp³-hybridized carbons (Fsp3) is 0.188. The molecule has 5 heteroatoms. The van der Waals surface area contributed by atoms with E-state index in [1.807, 2.05) is 24.3 Å². The van der Waals surface area contributed by atoms with Crippen LogP contribution in [-0.2, 0) is 10.3 Å².